The number of thioether (sulfide) groups is 1. The van der Waals surface area contributed by atoms with E-state index in [0.29, 0.717) is 12.5 Å². The van der Waals surface area contributed by atoms with Crippen molar-refractivity contribution in [3.63, 3.8) is 0 Å². The van der Waals surface area contributed by atoms with Crippen LogP contribution in [-0.4, -0.2) is 54.9 Å². The molecule has 0 bridgehead atoms. The first-order chi connectivity index (χ1) is 14.5. The highest BCUT2D eigenvalue weighted by Crippen LogP contribution is 2.37. The van der Waals surface area contributed by atoms with Crippen LogP contribution in [0.1, 0.15) is 55.6 Å². The van der Waals surface area contributed by atoms with Gasteiger partial charge in [-0.2, -0.15) is 24.9 Å². The van der Waals surface area contributed by atoms with E-state index >= 15 is 0 Å². The molecular formula is C23H33F3N2OS. The van der Waals surface area contributed by atoms with Gasteiger partial charge < -0.3 is 4.74 Å². The molecule has 0 radical (unpaired) electrons. The molecule has 168 valence electrons. The highest BCUT2D eigenvalue weighted by molar-refractivity contribution is 7.99. The summed E-state index contributed by atoms with van der Waals surface area (Å²) in [5.41, 5.74) is 0.461. The first-order valence-electron chi connectivity index (χ1n) is 11.3. The molecule has 2 saturated heterocycles. The summed E-state index contributed by atoms with van der Waals surface area (Å²) in [7, 11) is 0. The normalized spacial score (nSPS) is 29.8. The molecule has 2 aliphatic heterocycles. The van der Waals surface area contributed by atoms with Crippen LogP contribution in [0, 0.1) is 5.92 Å². The number of hydrogen-bond donors (Lipinski definition) is 1. The molecule has 1 aromatic rings. The second kappa shape index (κ2) is 10.2. The first kappa shape index (κ1) is 22.4. The second-order valence-corrected chi connectivity index (χ2v) is 10.3. The van der Waals surface area contributed by atoms with Crippen molar-refractivity contribution in [3.05, 3.63) is 35.4 Å². The van der Waals surface area contributed by atoms with Gasteiger partial charge in [0.1, 0.15) is 0 Å². The maximum Gasteiger partial charge on any atom is 0.416 e. The minimum absolute atomic E-state index is 0.207. The third-order valence-corrected chi connectivity index (χ3v) is 8.34. The molecule has 3 fully saturated rings. The van der Waals surface area contributed by atoms with E-state index in [1.165, 1.54) is 44.2 Å². The number of nitrogens with one attached hydrogen (secondary N) is 1. The quantitative estimate of drug-likeness (QED) is 0.684. The molecule has 1 aromatic carbocycles. The summed E-state index contributed by atoms with van der Waals surface area (Å²) in [6, 6.07) is 5.85. The van der Waals surface area contributed by atoms with Crippen LogP contribution in [0.4, 0.5) is 13.2 Å². The van der Waals surface area contributed by atoms with Gasteiger partial charge in [-0.05, 0) is 54.5 Å². The molecule has 3 aliphatic rings. The maximum atomic E-state index is 13.0. The SMILES string of the molecule is FC(F)(F)c1ccc(C2CC(CSC3CCCCC3)CN(C3COCCN3)C2)cc1. The largest absolute Gasteiger partial charge is 0.416 e. The Morgan fingerprint density at radius 1 is 1.07 bits per heavy atom. The van der Waals surface area contributed by atoms with Crippen LogP contribution in [0.2, 0.25) is 0 Å². The molecule has 2 heterocycles. The molecular weight excluding hydrogens is 409 g/mol. The predicted octanol–water partition coefficient (Wildman–Crippen LogP) is 5.12. The third-order valence-electron chi connectivity index (χ3n) is 6.74. The number of morpholine rings is 1. The summed E-state index contributed by atoms with van der Waals surface area (Å²) < 4.78 is 44.6. The highest BCUT2D eigenvalue weighted by Gasteiger charge is 2.34. The smallest absolute Gasteiger partial charge is 0.377 e. The lowest BCUT2D eigenvalue weighted by Crippen LogP contribution is -2.57. The number of rotatable bonds is 5. The van der Waals surface area contributed by atoms with Gasteiger partial charge in [0, 0.05) is 24.9 Å². The van der Waals surface area contributed by atoms with Crippen LogP contribution < -0.4 is 5.32 Å². The standard InChI is InChI=1S/C23H33F3N2OS/c24-23(25,26)20-8-6-18(7-9-20)19-12-17(16-30-21-4-2-1-3-5-21)13-28(14-19)22-15-29-11-10-27-22/h6-9,17,19,21-22,27H,1-5,10-16H2. The van der Waals surface area contributed by atoms with Crippen LogP contribution in [0.3, 0.4) is 0 Å². The Bertz CT molecular complexity index is 657. The number of piperidine rings is 1. The summed E-state index contributed by atoms with van der Waals surface area (Å²) in [6.07, 6.45) is 3.73. The van der Waals surface area contributed by atoms with Crippen molar-refractivity contribution in [1.82, 2.24) is 10.2 Å². The van der Waals surface area contributed by atoms with Gasteiger partial charge in [0.05, 0.1) is 24.9 Å². The number of halogens is 3. The number of nitrogens with zero attached hydrogens (tertiary/aromatic N) is 1. The zero-order valence-corrected chi connectivity index (χ0v) is 18.3. The lowest BCUT2D eigenvalue weighted by atomic mass is 9.84. The fourth-order valence-corrected chi connectivity index (χ4v) is 6.54. The van der Waals surface area contributed by atoms with Gasteiger partial charge in [-0.15, -0.1) is 0 Å². The van der Waals surface area contributed by atoms with Crippen LogP contribution in [0.5, 0.6) is 0 Å². The van der Waals surface area contributed by atoms with Crippen molar-refractivity contribution in [3.8, 4) is 0 Å². The zero-order chi connectivity index (χ0) is 21.0. The molecule has 7 heteroatoms. The van der Waals surface area contributed by atoms with E-state index in [0.717, 1.165) is 49.2 Å². The van der Waals surface area contributed by atoms with Crippen LogP contribution in [0.15, 0.2) is 24.3 Å². The molecule has 1 N–H and O–H groups in total. The van der Waals surface area contributed by atoms with Gasteiger partial charge in [0.25, 0.3) is 0 Å². The van der Waals surface area contributed by atoms with E-state index in [1.807, 2.05) is 0 Å². The third kappa shape index (κ3) is 5.93. The number of ether oxygens (including phenoxy) is 1. The Hall–Kier alpha value is -0.760. The van der Waals surface area contributed by atoms with E-state index in [2.05, 4.69) is 22.0 Å². The van der Waals surface area contributed by atoms with Crippen LogP contribution in [-0.2, 0) is 10.9 Å². The molecule has 0 amide bonds. The summed E-state index contributed by atoms with van der Waals surface area (Å²) in [5, 5.41) is 4.35. The second-order valence-electron chi connectivity index (χ2n) is 9.01. The molecule has 0 aromatic heterocycles. The summed E-state index contributed by atoms with van der Waals surface area (Å²) in [6.45, 7) is 4.19. The first-order valence-corrected chi connectivity index (χ1v) is 12.4. The number of hydrogen-bond acceptors (Lipinski definition) is 4. The van der Waals surface area contributed by atoms with Gasteiger partial charge in [0.2, 0.25) is 0 Å². The minimum atomic E-state index is -4.28. The highest BCUT2D eigenvalue weighted by atomic mass is 32.2. The van der Waals surface area contributed by atoms with Crippen LogP contribution in [0.25, 0.3) is 0 Å². The van der Waals surface area contributed by atoms with Gasteiger partial charge >= 0.3 is 6.18 Å². The summed E-state index contributed by atoms with van der Waals surface area (Å²) in [4.78, 5) is 2.47. The topological polar surface area (TPSA) is 24.5 Å². The van der Waals surface area contributed by atoms with Crippen molar-refractivity contribution in [2.75, 3.05) is 38.6 Å². The van der Waals surface area contributed by atoms with Crippen molar-refractivity contribution in [1.29, 1.82) is 0 Å². The van der Waals surface area contributed by atoms with Gasteiger partial charge in [0.15, 0.2) is 0 Å². The van der Waals surface area contributed by atoms with E-state index < -0.39 is 11.7 Å². The van der Waals surface area contributed by atoms with E-state index in [4.69, 9.17) is 4.74 Å². The van der Waals surface area contributed by atoms with Crippen molar-refractivity contribution in [2.24, 2.45) is 5.92 Å². The molecule has 0 spiro atoms. The van der Waals surface area contributed by atoms with Gasteiger partial charge in [-0.25, -0.2) is 0 Å². The molecule has 1 aliphatic carbocycles. The molecule has 4 rings (SSSR count). The van der Waals surface area contributed by atoms with Crippen molar-refractivity contribution < 1.29 is 17.9 Å². The van der Waals surface area contributed by atoms with E-state index in [1.54, 1.807) is 12.1 Å². The molecule has 3 unspecified atom stereocenters. The molecule has 3 atom stereocenters. The molecule has 30 heavy (non-hydrogen) atoms. The van der Waals surface area contributed by atoms with E-state index in [-0.39, 0.29) is 12.1 Å². The Labute approximate surface area is 182 Å². The Balaban J connectivity index is 1.44. The summed E-state index contributed by atoms with van der Waals surface area (Å²) in [5.74, 6) is 1.97. The zero-order valence-electron chi connectivity index (χ0n) is 17.5. The van der Waals surface area contributed by atoms with Gasteiger partial charge in [-0.1, -0.05) is 31.4 Å². The predicted molar refractivity (Wildman–Crippen MR) is 116 cm³/mol. The van der Waals surface area contributed by atoms with Crippen molar-refractivity contribution >= 4 is 11.8 Å². The summed E-state index contributed by atoms with van der Waals surface area (Å²) >= 11 is 2.13. The Kier molecular flexibility index (Phi) is 7.66. The average Bonchev–Trinajstić information content (AvgIpc) is 2.78. The average molecular weight is 443 g/mol. The number of alkyl halides is 3. The molecule has 1 saturated carbocycles. The Morgan fingerprint density at radius 2 is 1.83 bits per heavy atom. The number of benzene rings is 1. The molecule has 3 nitrogen and oxygen atoms in total. The lowest BCUT2D eigenvalue weighted by Gasteiger charge is -2.43. The van der Waals surface area contributed by atoms with Crippen LogP contribution >= 0.6 is 11.8 Å². The lowest BCUT2D eigenvalue weighted by molar-refractivity contribution is -0.137. The maximum absolute atomic E-state index is 13.0. The van der Waals surface area contributed by atoms with Gasteiger partial charge in [-0.3, -0.25) is 10.2 Å². The minimum Gasteiger partial charge on any atom is -0.377 e. The van der Waals surface area contributed by atoms with Crippen molar-refractivity contribution in [2.45, 2.75) is 62.0 Å². The van der Waals surface area contributed by atoms with E-state index in [9.17, 15) is 13.2 Å². The monoisotopic (exact) mass is 442 g/mol. The number of likely N-dealkylation sites (tertiary alicyclic amines) is 1. The fourth-order valence-electron chi connectivity index (χ4n) is 5.09. The Morgan fingerprint density at radius 3 is 2.50 bits per heavy atom. The fraction of sp³-hybridized carbons (Fsp3) is 0.739.